The van der Waals surface area contributed by atoms with E-state index < -0.39 is 4.92 Å². The van der Waals surface area contributed by atoms with E-state index in [1.54, 1.807) is 11.3 Å². The maximum Gasteiger partial charge on any atom is 0.274 e. The molecule has 6 heteroatoms. The highest BCUT2D eigenvalue weighted by Gasteiger charge is 2.06. The second-order valence-electron chi connectivity index (χ2n) is 3.73. The molecule has 94 valence electrons. The Morgan fingerprint density at radius 3 is 2.83 bits per heavy atom. The first-order chi connectivity index (χ1) is 8.69. The van der Waals surface area contributed by atoms with E-state index in [-0.39, 0.29) is 5.69 Å². The average Bonchev–Trinajstić information content (AvgIpc) is 2.84. The second kappa shape index (κ2) is 5.59. The van der Waals surface area contributed by atoms with E-state index in [0.717, 1.165) is 6.42 Å². The molecule has 0 unspecified atom stereocenters. The number of aromatic nitrogens is 1. The van der Waals surface area contributed by atoms with Crippen LogP contribution in [0.5, 0.6) is 0 Å². The van der Waals surface area contributed by atoms with Crippen molar-refractivity contribution in [2.24, 2.45) is 0 Å². The van der Waals surface area contributed by atoms with Crippen molar-refractivity contribution in [1.82, 2.24) is 4.98 Å². The lowest BCUT2D eigenvalue weighted by Crippen LogP contribution is -2.00. The Balaban J connectivity index is 2.01. The molecular formula is C12H13N3O2S. The van der Waals surface area contributed by atoms with Crippen molar-refractivity contribution in [2.45, 2.75) is 19.9 Å². The molecule has 0 aliphatic heterocycles. The maximum atomic E-state index is 10.6. The van der Waals surface area contributed by atoms with Gasteiger partial charge in [0.2, 0.25) is 0 Å². The number of rotatable bonds is 5. The van der Waals surface area contributed by atoms with Gasteiger partial charge in [-0.2, -0.15) is 0 Å². The third kappa shape index (κ3) is 3.04. The highest BCUT2D eigenvalue weighted by atomic mass is 32.1. The Hall–Kier alpha value is -1.95. The summed E-state index contributed by atoms with van der Waals surface area (Å²) in [4.78, 5) is 16.8. The van der Waals surface area contributed by atoms with Crippen molar-refractivity contribution in [3.8, 4) is 0 Å². The van der Waals surface area contributed by atoms with Crippen LogP contribution >= 0.6 is 11.3 Å². The molecule has 0 saturated carbocycles. The highest BCUT2D eigenvalue weighted by molar-refractivity contribution is 7.12. The van der Waals surface area contributed by atoms with Gasteiger partial charge in [-0.3, -0.25) is 10.1 Å². The lowest BCUT2D eigenvalue weighted by molar-refractivity contribution is -0.384. The molecule has 2 rings (SSSR count). The normalized spacial score (nSPS) is 10.3. The quantitative estimate of drug-likeness (QED) is 0.664. The Labute approximate surface area is 109 Å². The zero-order chi connectivity index (χ0) is 13.0. The third-order valence-corrected chi connectivity index (χ3v) is 3.69. The van der Waals surface area contributed by atoms with Crippen LogP contribution in [0.15, 0.2) is 30.5 Å². The average molecular weight is 263 g/mol. The number of pyridine rings is 1. The van der Waals surface area contributed by atoms with Gasteiger partial charge < -0.3 is 5.32 Å². The van der Waals surface area contributed by atoms with Gasteiger partial charge in [0.1, 0.15) is 5.82 Å². The molecule has 0 radical (unpaired) electrons. The zero-order valence-corrected chi connectivity index (χ0v) is 10.7. The summed E-state index contributed by atoms with van der Waals surface area (Å²) >= 11 is 1.74. The fourth-order valence-corrected chi connectivity index (χ4v) is 2.41. The Kier molecular flexibility index (Phi) is 3.88. The minimum absolute atomic E-state index is 0.0490. The van der Waals surface area contributed by atoms with Crippen LogP contribution in [-0.2, 0) is 13.0 Å². The number of anilines is 1. The van der Waals surface area contributed by atoms with Crippen molar-refractivity contribution in [1.29, 1.82) is 0 Å². The molecule has 0 aliphatic rings. The van der Waals surface area contributed by atoms with Crippen molar-refractivity contribution >= 4 is 22.8 Å². The van der Waals surface area contributed by atoms with Crippen LogP contribution in [-0.4, -0.2) is 9.91 Å². The summed E-state index contributed by atoms with van der Waals surface area (Å²) in [5.74, 6) is 0.524. The topological polar surface area (TPSA) is 68.1 Å². The molecule has 0 atom stereocenters. The number of aryl methyl sites for hydroxylation is 1. The number of hydrogen-bond acceptors (Lipinski definition) is 5. The molecule has 0 aliphatic carbocycles. The smallest absolute Gasteiger partial charge is 0.274 e. The molecule has 2 aromatic heterocycles. The number of nitrogens with zero attached hydrogens (tertiary/aromatic N) is 2. The molecule has 5 nitrogen and oxygen atoms in total. The van der Waals surface area contributed by atoms with E-state index in [0.29, 0.717) is 12.4 Å². The summed E-state index contributed by atoms with van der Waals surface area (Å²) in [5, 5.41) is 13.7. The Bertz CT molecular complexity index is 554. The monoisotopic (exact) mass is 263 g/mol. The van der Waals surface area contributed by atoms with Gasteiger partial charge in [0.15, 0.2) is 0 Å². The van der Waals surface area contributed by atoms with Gasteiger partial charge in [-0.1, -0.05) is 6.92 Å². The van der Waals surface area contributed by atoms with Gasteiger partial charge in [-0.15, -0.1) is 11.3 Å². The molecule has 0 aromatic carbocycles. The first kappa shape index (κ1) is 12.5. The van der Waals surface area contributed by atoms with Crippen molar-refractivity contribution in [3.63, 3.8) is 0 Å². The molecule has 0 bridgehead atoms. The Morgan fingerprint density at radius 1 is 1.39 bits per heavy atom. The first-order valence-electron chi connectivity index (χ1n) is 5.61. The van der Waals surface area contributed by atoms with Crippen LogP contribution in [0.1, 0.15) is 16.7 Å². The number of nitro groups is 1. The van der Waals surface area contributed by atoms with Crippen LogP contribution in [0, 0.1) is 10.1 Å². The summed E-state index contributed by atoms with van der Waals surface area (Å²) in [6, 6.07) is 6.98. The van der Waals surface area contributed by atoms with Gasteiger partial charge >= 0.3 is 0 Å². The van der Waals surface area contributed by atoms with Crippen LogP contribution in [0.2, 0.25) is 0 Å². The largest absolute Gasteiger partial charge is 0.365 e. The predicted octanol–water partition coefficient (Wildman–Crippen LogP) is 3.23. The summed E-state index contributed by atoms with van der Waals surface area (Å²) in [7, 11) is 0. The molecule has 0 fully saturated rings. The van der Waals surface area contributed by atoms with Crippen molar-refractivity contribution in [2.75, 3.05) is 5.32 Å². The van der Waals surface area contributed by atoms with E-state index in [2.05, 4.69) is 29.4 Å². The number of nitrogens with one attached hydrogen (secondary N) is 1. The van der Waals surface area contributed by atoms with E-state index in [9.17, 15) is 10.1 Å². The summed E-state index contributed by atoms with van der Waals surface area (Å²) in [5.41, 5.74) is 0.0490. The summed E-state index contributed by atoms with van der Waals surface area (Å²) < 4.78 is 0. The summed E-state index contributed by atoms with van der Waals surface area (Å²) in [6.07, 6.45) is 2.46. The zero-order valence-electron chi connectivity index (χ0n) is 9.92. The third-order valence-electron chi connectivity index (χ3n) is 2.46. The fraction of sp³-hybridized carbons (Fsp3) is 0.250. The maximum absolute atomic E-state index is 10.6. The molecule has 2 heterocycles. The lowest BCUT2D eigenvalue weighted by atomic mass is 10.3. The molecule has 1 N–H and O–H groups in total. The molecule has 2 aromatic rings. The van der Waals surface area contributed by atoms with Crippen LogP contribution in [0.25, 0.3) is 0 Å². The summed E-state index contributed by atoms with van der Waals surface area (Å²) in [6.45, 7) is 2.75. The standard InChI is InChI=1S/C12H13N3O2S/c1-2-10-3-4-11(18-10)8-14-12-7-9(15(16)17)5-6-13-12/h3-7H,2,8H2,1H3,(H,13,14). The van der Waals surface area contributed by atoms with Crippen LogP contribution in [0.3, 0.4) is 0 Å². The first-order valence-corrected chi connectivity index (χ1v) is 6.42. The SMILES string of the molecule is CCc1ccc(CNc2cc([N+](=O)[O-])ccn2)s1. The van der Waals surface area contributed by atoms with E-state index in [4.69, 9.17) is 0 Å². The van der Waals surface area contributed by atoms with Crippen molar-refractivity contribution < 1.29 is 4.92 Å². The van der Waals surface area contributed by atoms with Gasteiger partial charge in [0.25, 0.3) is 5.69 Å². The highest BCUT2D eigenvalue weighted by Crippen LogP contribution is 2.19. The van der Waals surface area contributed by atoms with E-state index >= 15 is 0 Å². The molecule has 0 spiro atoms. The van der Waals surface area contributed by atoms with Crippen LogP contribution in [0.4, 0.5) is 11.5 Å². The van der Waals surface area contributed by atoms with Gasteiger partial charge in [0, 0.05) is 22.0 Å². The predicted molar refractivity (Wildman–Crippen MR) is 71.9 cm³/mol. The van der Waals surface area contributed by atoms with Gasteiger partial charge in [0.05, 0.1) is 17.5 Å². The number of hydrogen-bond donors (Lipinski definition) is 1. The minimum atomic E-state index is -0.423. The van der Waals surface area contributed by atoms with Crippen molar-refractivity contribution in [3.05, 3.63) is 50.3 Å². The van der Waals surface area contributed by atoms with Gasteiger partial charge in [-0.25, -0.2) is 4.98 Å². The number of thiophene rings is 1. The molecule has 0 saturated heterocycles. The minimum Gasteiger partial charge on any atom is -0.365 e. The molecule has 18 heavy (non-hydrogen) atoms. The van der Waals surface area contributed by atoms with E-state index in [1.807, 2.05) is 0 Å². The lowest BCUT2D eigenvalue weighted by Gasteiger charge is -2.02. The van der Waals surface area contributed by atoms with E-state index in [1.165, 1.54) is 28.1 Å². The molecular weight excluding hydrogens is 250 g/mol. The molecule has 0 amide bonds. The van der Waals surface area contributed by atoms with Crippen LogP contribution < -0.4 is 5.32 Å². The second-order valence-corrected chi connectivity index (χ2v) is 4.98. The van der Waals surface area contributed by atoms with Gasteiger partial charge in [-0.05, 0) is 18.6 Å². The Morgan fingerprint density at radius 2 is 2.17 bits per heavy atom. The fourth-order valence-electron chi connectivity index (χ4n) is 1.51.